The van der Waals surface area contributed by atoms with Gasteiger partial charge in [0.1, 0.15) is 25.9 Å². The minimum atomic E-state index is -2.80. The van der Waals surface area contributed by atoms with E-state index in [1.54, 1.807) is 12.1 Å². The molecule has 1 aromatic rings. The summed E-state index contributed by atoms with van der Waals surface area (Å²) in [7, 11) is 0. The van der Waals surface area contributed by atoms with Gasteiger partial charge in [0.15, 0.2) is 17.2 Å². The molecular formula is C26H28Cl3N7O9. The number of nitrogens with zero attached hydrogens (tertiary/aromatic N) is 3. The number of para-hydroxylation sites is 1. The van der Waals surface area contributed by atoms with Gasteiger partial charge in [0.05, 0.1) is 30.0 Å². The van der Waals surface area contributed by atoms with Gasteiger partial charge in [-0.3, -0.25) is 24.6 Å². The summed E-state index contributed by atoms with van der Waals surface area (Å²) in [6.45, 7) is 3.17. The van der Waals surface area contributed by atoms with E-state index in [1.807, 2.05) is 0 Å². The molecule has 0 aromatic heterocycles. The van der Waals surface area contributed by atoms with Crippen LogP contribution in [0.1, 0.15) is 23.2 Å². The number of hydrogen-bond acceptors (Lipinski definition) is 13. The molecule has 242 valence electrons. The highest BCUT2D eigenvalue weighted by atomic mass is 35.6. The first-order valence-electron chi connectivity index (χ1n) is 13.8. The van der Waals surface area contributed by atoms with Crippen LogP contribution in [0.2, 0.25) is 0 Å². The third-order valence-electron chi connectivity index (χ3n) is 8.11. The number of halogens is 3. The third kappa shape index (κ3) is 5.43. The average molecular weight is 689 g/mol. The first kappa shape index (κ1) is 31.3. The molecule has 1 spiro atoms. The second-order valence-corrected chi connectivity index (χ2v) is 13.4. The smallest absolute Gasteiger partial charge is 0.414 e. The lowest BCUT2D eigenvalue weighted by molar-refractivity contribution is -0.231. The average Bonchev–Trinajstić information content (AvgIpc) is 3.58. The van der Waals surface area contributed by atoms with Crippen molar-refractivity contribution in [1.29, 1.82) is 0 Å². The quantitative estimate of drug-likeness (QED) is 0.129. The second-order valence-electron chi connectivity index (χ2n) is 10.9. The second kappa shape index (κ2) is 11.3. The van der Waals surface area contributed by atoms with Gasteiger partial charge in [-0.1, -0.05) is 47.4 Å². The number of fused-ring (bicyclic) bond motifs is 1. The largest absolute Gasteiger partial charge is 0.486 e. The number of benzene rings is 1. The molecule has 3 fully saturated rings. The molecule has 5 aliphatic rings. The summed E-state index contributed by atoms with van der Waals surface area (Å²) in [6.07, 6.45) is -1.08. The maximum atomic E-state index is 13.5. The summed E-state index contributed by atoms with van der Waals surface area (Å²) in [5.74, 6) is -3.90. The fraction of sp³-hybridized carbons (Fsp3) is 0.500. The van der Waals surface area contributed by atoms with Gasteiger partial charge >= 0.3 is 6.09 Å². The van der Waals surface area contributed by atoms with Crippen molar-refractivity contribution in [2.75, 3.05) is 32.9 Å². The van der Waals surface area contributed by atoms with Crippen LogP contribution in [0.3, 0.4) is 0 Å². The minimum Gasteiger partial charge on any atom is -0.486 e. The van der Waals surface area contributed by atoms with E-state index in [4.69, 9.17) is 49.0 Å². The molecule has 0 aliphatic carbocycles. The fourth-order valence-corrected chi connectivity index (χ4v) is 6.37. The van der Waals surface area contributed by atoms with Gasteiger partial charge in [-0.15, -0.1) is 0 Å². The minimum absolute atomic E-state index is 0.0139. The lowest BCUT2D eigenvalue weighted by Gasteiger charge is -2.49. The Morgan fingerprint density at radius 1 is 1.18 bits per heavy atom. The van der Waals surface area contributed by atoms with Gasteiger partial charge < -0.3 is 45.3 Å². The molecule has 6 N–H and O–H groups in total. The number of alkyl halides is 3. The topological polar surface area (TPSA) is 203 Å². The van der Waals surface area contributed by atoms with Gasteiger partial charge in [0.25, 0.3) is 5.91 Å². The van der Waals surface area contributed by atoms with Crippen molar-refractivity contribution in [2.24, 2.45) is 4.99 Å². The van der Waals surface area contributed by atoms with E-state index >= 15 is 0 Å². The molecule has 16 nitrogen and oxygen atoms in total. The van der Waals surface area contributed by atoms with Crippen molar-refractivity contribution < 1.29 is 43.6 Å². The Hall–Kier alpha value is -3.70. The number of carbonyl (C=O) groups excluding carboxylic acids is 4. The predicted molar refractivity (Wildman–Crippen MR) is 156 cm³/mol. The van der Waals surface area contributed by atoms with Crippen LogP contribution >= 0.6 is 34.8 Å². The highest BCUT2D eigenvalue weighted by Gasteiger charge is 2.74. The Morgan fingerprint density at radius 2 is 1.89 bits per heavy atom. The van der Waals surface area contributed by atoms with Crippen LogP contribution < -0.4 is 30.7 Å². The lowest BCUT2D eigenvalue weighted by atomic mass is 9.85. The zero-order valence-electron chi connectivity index (χ0n) is 23.3. The predicted octanol–water partition coefficient (Wildman–Crippen LogP) is -0.735. The van der Waals surface area contributed by atoms with Crippen molar-refractivity contribution in [1.82, 2.24) is 31.1 Å². The molecule has 1 aromatic carbocycles. The molecule has 4 atom stereocenters. The number of likely N-dealkylation sites (tertiary alicyclic amines) is 1. The first-order valence-corrected chi connectivity index (χ1v) is 14.9. The first-order chi connectivity index (χ1) is 21.2. The summed E-state index contributed by atoms with van der Waals surface area (Å²) >= 11 is 17.1. The standard InChI is InChI=1S/C26H28Cl3N7O9/c1-12-30-20-14(9-35-17(37)5-6-18(35)38)31-22(33-23(40)45-11-24(27,28)29)36-10-16(26(41,42)25(20,36)34-12)32-21(39)13-3-2-4-15-19(13)44-8-7-43-15/h2-4,14,16,20,30,34,41-42H,1,5-11H2,(H,32,39)(H,31,33,40)/t14-,16?,20-,25-/m0/s1. The number of aliphatic hydroxyl groups is 2. The van der Waals surface area contributed by atoms with E-state index in [-0.39, 0.29) is 55.6 Å². The molecule has 5 aliphatic heterocycles. The molecule has 1 unspecified atom stereocenters. The molecule has 19 heteroatoms. The summed E-state index contributed by atoms with van der Waals surface area (Å²) < 4.78 is 14.3. The highest BCUT2D eigenvalue weighted by Crippen LogP contribution is 2.45. The molecule has 5 heterocycles. The van der Waals surface area contributed by atoms with Gasteiger partial charge in [-0.2, -0.15) is 0 Å². The van der Waals surface area contributed by atoms with Crippen LogP contribution in [-0.2, 0) is 14.3 Å². The van der Waals surface area contributed by atoms with E-state index in [2.05, 4.69) is 32.8 Å². The maximum absolute atomic E-state index is 13.5. The zero-order chi connectivity index (χ0) is 32.3. The van der Waals surface area contributed by atoms with E-state index in [0.717, 1.165) is 4.90 Å². The third-order valence-corrected chi connectivity index (χ3v) is 8.44. The number of nitrogens with one attached hydrogen (secondary N) is 4. The summed E-state index contributed by atoms with van der Waals surface area (Å²) in [4.78, 5) is 58.3. The van der Waals surface area contributed by atoms with E-state index in [1.165, 1.54) is 11.0 Å². The summed E-state index contributed by atoms with van der Waals surface area (Å²) in [5.41, 5.74) is -1.86. The Labute approximate surface area is 270 Å². The number of rotatable bonds is 5. The van der Waals surface area contributed by atoms with Crippen LogP contribution in [0.15, 0.2) is 35.6 Å². The summed E-state index contributed by atoms with van der Waals surface area (Å²) in [5, 5.41) is 34.9. The van der Waals surface area contributed by atoms with Crippen molar-refractivity contribution >= 4 is 64.6 Å². The number of guanidine groups is 1. The van der Waals surface area contributed by atoms with Gasteiger partial charge in [-0.25, -0.2) is 9.79 Å². The molecule has 0 radical (unpaired) electrons. The molecular weight excluding hydrogens is 661 g/mol. The fourth-order valence-electron chi connectivity index (χ4n) is 6.21. The number of alkyl carbamates (subject to hydrolysis) is 1. The number of imide groups is 1. The van der Waals surface area contributed by atoms with Gasteiger partial charge in [0, 0.05) is 19.4 Å². The number of amides is 4. The molecule has 6 rings (SSSR count). The van der Waals surface area contributed by atoms with Crippen molar-refractivity contribution in [3.8, 4) is 11.5 Å². The van der Waals surface area contributed by atoms with Crippen LogP contribution in [0.5, 0.6) is 11.5 Å². The van der Waals surface area contributed by atoms with Crippen LogP contribution in [0, 0.1) is 0 Å². The number of carbonyl (C=O) groups is 4. The van der Waals surface area contributed by atoms with Gasteiger partial charge in [-0.05, 0) is 12.1 Å². The zero-order valence-corrected chi connectivity index (χ0v) is 25.6. The van der Waals surface area contributed by atoms with Crippen molar-refractivity contribution in [2.45, 2.75) is 46.2 Å². The van der Waals surface area contributed by atoms with Crippen LogP contribution in [0.25, 0.3) is 0 Å². The SMILES string of the molecule is C=C1N[C@H]2[C@H](CN3C(=O)CCC3=O)N=C(NC(=O)OCC(Cl)(Cl)Cl)N3CC(NC(=O)c4cccc5c4OCCO5)C(O)(O)[C@]23N1. The summed E-state index contributed by atoms with van der Waals surface area (Å²) in [6, 6.07) is 1.20. The van der Waals surface area contributed by atoms with Crippen LogP contribution in [0.4, 0.5) is 4.79 Å². The Bertz CT molecular complexity index is 1490. The normalized spacial score (nSPS) is 28.1. The Kier molecular flexibility index (Phi) is 7.84. The monoisotopic (exact) mass is 687 g/mol. The van der Waals surface area contributed by atoms with Crippen molar-refractivity contribution in [3.05, 3.63) is 36.2 Å². The van der Waals surface area contributed by atoms with E-state index in [0.29, 0.717) is 12.4 Å². The molecule has 4 amide bonds. The molecule has 0 bridgehead atoms. The Morgan fingerprint density at radius 3 is 2.60 bits per heavy atom. The number of ether oxygens (including phenoxy) is 3. The van der Waals surface area contributed by atoms with E-state index < -0.39 is 63.8 Å². The molecule has 45 heavy (non-hydrogen) atoms. The number of hydrogen-bond donors (Lipinski definition) is 6. The highest BCUT2D eigenvalue weighted by molar-refractivity contribution is 6.67. The van der Waals surface area contributed by atoms with Crippen molar-refractivity contribution in [3.63, 3.8) is 0 Å². The molecule has 0 saturated carbocycles. The Balaban J connectivity index is 1.35. The van der Waals surface area contributed by atoms with Crippen LogP contribution in [-0.4, -0.2) is 116 Å². The van der Waals surface area contributed by atoms with Gasteiger partial charge in [0.2, 0.25) is 27.4 Å². The number of aliphatic imine (C=N–C) groups is 1. The van der Waals surface area contributed by atoms with E-state index in [9.17, 15) is 29.4 Å². The maximum Gasteiger partial charge on any atom is 0.414 e. The lowest BCUT2D eigenvalue weighted by Crippen LogP contribution is -2.78. The molecule has 3 saturated heterocycles.